The largest absolute Gasteiger partial charge is 0.468 e. The predicted octanol–water partition coefficient (Wildman–Crippen LogP) is -0.781. The Labute approximate surface area is 106 Å². The molecular formula is C12H20N2O4. The van der Waals surface area contributed by atoms with Crippen LogP contribution in [0.2, 0.25) is 0 Å². The van der Waals surface area contributed by atoms with Crippen LogP contribution in [0.4, 0.5) is 0 Å². The molecule has 0 aromatic carbocycles. The molecule has 0 unspecified atom stereocenters. The fraction of sp³-hybridized carbons (Fsp3) is 0.833. The molecule has 6 heteroatoms. The number of hydrogen-bond acceptors (Lipinski definition) is 5. The maximum absolute atomic E-state index is 12.1. The Kier molecular flexibility index (Phi) is 3.87. The van der Waals surface area contributed by atoms with Crippen LogP contribution in [0.25, 0.3) is 0 Å². The van der Waals surface area contributed by atoms with Gasteiger partial charge in [0.05, 0.1) is 13.7 Å². The summed E-state index contributed by atoms with van der Waals surface area (Å²) in [7, 11) is 1.37. The average Bonchev–Trinajstić information content (AvgIpc) is 2.36. The second-order valence-corrected chi connectivity index (χ2v) is 5.03. The van der Waals surface area contributed by atoms with E-state index in [1.807, 2.05) is 4.90 Å². The first kappa shape index (κ1) is 13.3. The fourth-order valence-electron chi connectivity index (χ4n) is 2.38. The highest BCUT2D eigenvalue weighted by Crippen LogP contribution is 2.33. The second kappa shape index (κ2) is 5.24. The van der Waals surface area contributed by atoms with E-state index in [-0.39, 0.29) is 18.4 Å². The number of hydrogen-bond donors (Lipinski definition) is 1. The second-order valence-electron chi connectivity index (χ2n) is 5.03. The summed E-state index contributed by atoms with van der Waals surface area (Å²) in [6.07, 6.45) is 2.08. The molecule has 1 aliphatic heterocycles. The van der Waals surface area contributed by atoms with E-state index in [4.69, 9.17) is 0 Å². The van der Waals surface area contributed by atoms with Crippen LogP contribution in [0, 0.1) is 0 Å². The summed E-state index contributed by atoms with van der Waals surface area (Å²) in [5.41, 5.74) is -1.11. The minimum Gasteiger partial charge on any atom is -0.468 e. The lowest BCUT2D eigenvalue weighted by Gasteiger charge is -2.42. The molecule has 102 valence electrons. The summed E-state index contributed by atoms with van der Waals surface area (Å²) in [5.74, 6) is -0.404. The fourth-order valence-corrected chi connectivity index (χ4v) is 2.38. The Balaban J connectivity index is 1.79. The van der Waals surface area contributed by atoms with E-state index in [1.54, 1.807) is 4.90 Å². The van der Waals surface area contributed by atoms with E-state index in [0.717, 1.165) is 6.42 Å². The molecule has 6 nitrogen and oxygen atoms in total. The van der Waals surface area contributed by atoms with Crippen LogP contribution in [-0.2, 0) is 14.3 Å². The number of rotatable bonds is 3. The summed E-state index contributed by atoms with van der Waals surface area (Å²) in [6.45, 7) is 2.70. The molecule has 0 aromatic rings. The van der Waals surface area contributed by atoms with Crippen molar-refractivity contribution < 1.29 is 19.4 Å². The maximum atomic E-state index is 12.1. The summed E-state index contributed by atoms with van der Waals surface area (Å²) in [4.78, 5) is 26.8. The molecule has 1 saturated carbocycles. The number of amides is 1. The molecule has 0 spiro atoms. The third-order valence-electron chi connectivity index (χ3n) is 3.82. The number of carbonyl (C=O) groups is 2. The molecule has 0 radical (unpaired) electrons. The van der Waals surface area contributed by atoms with Crippen molar-refractivity contribution in [3.63, 3.8) is 0 Å². The average molecular weight is 256 g/mol. The zero-order valence-corrected chi connectivity index (χ0v) is 10.7. The normalized spacial score (nSPS) is 23.3. The quantitative estimate of drug-likeness (QED) is 0.671. The van der Waals surface area contributed by atoms with Crippen molar-refractivity contribution in [2.24, 2.45) is 0 Å². The van der Waals surface area contributed by atoms with E-state index in [0.29, 0.717) is 39.0 Å². The van der Waals surface area contributed by atoms with Crippen molar-refractivity contribution in [3.8, 4) is 0 Å². The van der Waals surface area contributed by atoms with Gasteiger partial charge in [0.1, 0.15) is 5.60 Å². The van der Waals surface area contributed by atoms with E-state index in [9.17, 15) is 14.7 Å². The minimum atomic E-state index is -1.11. The highest BCUT2D eigenvalue weighted by molar-refractivity contribution is 5.86. The monoisotopic (exact) mass is 256 g/mol. The number of ether oxygens (including phenoxy) is 1. The van der Waals surface area contributed by atoms with Crippen LogP contribution in [0.3, 0.4) is 0 Å². The van der Waals surface area contributed by atoms with Crippen LogP contribution in [0.15, 0.2) is 0 Å². The summed E-state index contributed by atoms with van der Waals surface area (Å²) >= 11 is 0. The van der Waals surface area contributed by atoms with Crippen LogP contribution in [0.5, 0.6) is 0 Å². The van der Waals surface area contributed by atoms with E-state index in [1.165, 1.54) is 7.11 Å². The Morgan fingerprint density at radius 3 is 2.28 bits per heavy atom. The third-order valence-corrected chi connectivity index (χ3v) is 3.82. The smallest absolute Gasteiger partial charge is 0.319 e. The number of nitrogens with zero attached hydrogens (tertiary/aromatic N) is 2. The van der Waals surface area contributed by atoms with Gasteiger partial charge in [-0.25, -0.2) is 0 Å². The van der Waals surface area contributed by atoms with Gasteiger partial charge in [0.15, 0.2) is 0 Å². The van der Waals surface area contributed by atoms with E-state index < -0.39 is 5.60 Å². The van der Waals surface area contributed by atoms with Gasteiger partial charge < -0.3 is 14.7 Å². The van der Waals surface area contributed by atoms with Gasteiger partial charge in [0.25, 0.3) is 5.91 Å². The van der Waals surface area contributed by atoms with Crippen molar-refractivity contribution in [2.75, 3.05) is 39.8 Å². The third kappa shape index (κ3) is 2.64. The lowest BCUT2D eigenvalue weighted by atomic mass is 9.79. The summed E-state index contributed by atoms with van der Waals surface area (Å²) in [6, 6.07) is 0. The van der Waals surface area contributed by atoms with Gasteiger partial charge in [-0.05, 0) is 19.3 Å². The molecule has 0 aromatic heterocycles. The number of carbonyl (C=O) groups excluding carboxylic acids is 2. The summed E-state index contributed by atoms with van der Waals surface area (Å²) < 4.78 is 4.61. The maximum Gasteiger partial charge on any atom is 0.319 e. The standard InChI is InChI=1S/C12H20N2O4/c1-18-10(15)9-13-5-7-14(8-6-13)11(16)12(17)3-2-4-12/h17H,2-9H2,1H3. The van der Waals surface area contributed by atoms with E-state index >= 15 is 0 Å². The minimum absolute atomic E-state index is 0.147. The van der Waals surface area contributed by atoms with Gasteiger partial charge >= 0.3 is 5.97 Å². The van der Waals surface area contributed by atoms with Crippen LogP contribution < -0.4 is 0 Å². The Morgan fingerprint density at radius 2 is 1.83 bits per heavy atom. The number of aliphatic hydroxyl groups is 1. The molecule has 1 N–H and O–H groups in total. The highest BCUT2D eigenvalue weighted by Gasteiger charge is 2.44. The zero-order valence-electron chi connectivity index (χ0n) is 10.7. The van der Waals surface area contributed by atoms with Gasteiger partial charge in [-0.15, -0.1) is 0 Å². The predicted molar refractivity (Wildman–Crippen MR) is 63.8 cm³/mol. The Bertz CT molecular complexity index is 333. The molecule has 2 rings (SSSR count). The molecule has 2 aliphatic rings. The van der Waals surface area contributed by atoms with Gasteiger partial charge in [0.2, 0.25) is 0 Å². The van der Waals surface area contributed by atoms with Crippen LogP contribution >= 0.6 is 0 Å². The molecule has 0 atom stereocenters. The van der Waals surface area contributed by atoms with Crippen molar-refractivity contribution >= 4 is 11.9 Å². The van der Waals surface area contributed by atoms with Crippen molar-refractivity contribution in [2.45, 2.75) is 24.9 Å². The molecule has 1 saturated heterocycles. The lowest BCUT2D eigenvalue weighted by Crippen LogP contribution is -2.58. The molecule has 18 heavy (non-hydrogen) atoms. The zero-order chi connectivity index (χ0) is 13.2. The lowest BCUT2D eigenvalue weighted by molar-refractivity contribution is -0.162. The molecular weight excluding hydrogens is 236 g/mol. The molecule has 1 heterocycles. The van der Waals surface area contributed by atoms with Gasteiger partial charge in [-0.3, -0.25) is 14.5 Å². The topological polar surface area (TPSA) is 70.1 Å². The first-order chi connectivity index (χ1) is 8.55. The molecule has 2 fully saturated rings. The van der Waals surface area contributed by atoms with Crippen molar-refractivity contribution in [1.29, 1.82) is 0 Å². The van der Waals surface area contributed by atoms with Gasteiger partial charge in [-0.1, -0.05) is 0 Å². The van der Waals surface area contributed by atoms with Gasteiger partial charge in [-0.2, -0.15) is 0 Å². The number of esters is 1. The first-order valence-electron chi connectivity index (χ1n) is 6.36. The van der Waals surface area contributed by atoms with Crippen LogP contribution in [0.1, 0.15) is 19.3 Å². The number of piperazine rings is 1. The molecule has 0 bridgehead atoms. The SMILES string of the molecule is COC(=O)CN1CCN(C(=O)C2(O)CCC2)CC1. The van der Waals surface area contributed by atoms with Crippen molar-refractivity contribution in [1.82, 2.24) is 9.80 Å². The van der Waals surface area contributed by atoms with Crippen molar-refractivity contribution in [3.05, 3.63) is 0 Å². The first-order valence-corrected chi connectivity index (χ1v) is 6.36. The molecule has 1 aliphatic carbocycles. The van der Waals surface area contributed by atoms with Gasteiger partial charge in [0, 0.05) is 26.2 Å². The Morgan fingerprint density at radius 1 is 1.22 bits per heavy atom. The van der Waals surface area contributed by atoms with Crippen LogP contribution in [-0.4, -0.2) is 72.2 Å². The van der Waals surface area contributed by atoms with E-state index in [2.05, 4.69) is 4.74 Å². The number of methoxy groups -OCH3 is 1. The Hall–Kier alpha value is -1.14. The molecule has 1 amide bonds. The summed E-state index contributed by atoms with van der Waals surface area (Å²) in [5, 5.41) is 10.0. The highest BCUT2D eigenvalue weighted by atomic mass is 16.5.